The van der Waals surface area contributed by atoms with Crippen LogP contribution < -0.4 is 0 Å². The number of imide groups is 1. The van der Waals surface area contributed by atoms with Gasteiger partial charge in [0.05, 0.1) is 5.92 Å². The van der Waals surface area contributed by atoms with Crippen molar-refractivity contribution >= 4 is 17.8 Å². The molecule has 106 valence electrons. The largest absolute Gasteiger partial charge is 0.480 e. The molecule has 1 fully saturated rings. The lowest BCUT2D eigenvalue weighted by Crippen LogP contribution is -2.35. The zero-order valence-corrected chi connectivity index (χ0v) is 11.5. The predicted octanol–water partition coefficient (Wildman–Crippen LogP) is 1.24. The molecule has 1 aromatic rings. The topological polar surface area (TPSA) is 74.7 Å². The summed E-state index contributed by atoms with van der Waals surface area (Å²) >= 11 is 0. The summed E-state index contributed by atoms with van der Waals surface area (Å²) in [6, 6.07) is 7.77. The van der Waals surface area contributed by atoms with Crippen LogP contribution >= 0.6 is 0 Å². The molecule has 0 radical (unpaired) electrons. The number of amides is 2. The van der Waals surface area contributed by atoms with Crippen LogP contribution in [0.3, 0.4) is 0 Å². The highest BCUT2D eigenvalue weighted by Crippen LogP contribution is 2.29. The number of carboxylic acid groups (broad SMARTS) is 1. The van der Waals surface area contributed by atoms with Crippen molar-refractivity contribution in [3.05, 3.63) is 35.4 Å². The van der Waals surface area contributed by atoms with Crippen molar-refractivity contribution < 1.29 is 19.5 Å². The van der Waals surface area contributed by atoms with Gasteiger partial charge in [0, 0.05) is 5.92 Å². The lowest BCUT2D eigenvalue weighted by molar-refractivity contribution is -0.149. The molecule has 1 aliphatic heterocycles. The van der Waals surface area contributed by atoms with E-state index in [0.717, 1.165) is 16.0 Å². The number of aryl methyl sites for hydroxylation is 1. The van der Waals surface area contributed by atoms with Crippen molar-refractivity contribution in [3.8, 4) is 0 Å². The van der Waals surface area contributed by atoms with Gasteiger partial charge in [-0.2, -0.15) is 0 Å². The number of carboxylic acids is 1. The molecule has 0 saturated carbocycles. The Balaban J connectivity index is 2.16. The van der Waals surface area contributed by atoms with Crippen LogP contribution in [0.15, 0.2) is 24.3 Å². The average molecular weight is 275 g/mol. The monoisotopic (exact) mass is 275 g/mol. The van der Waals surface area contributed by atoms with E-state index in [2.05, 4.69) is 0 Å². The van der Waals surface area contributed by atoms with Crippen molar-refractivity contribution in [2.24, 2.45) is 11.8 Å². The van der Waals surface area contributed by atoms with E-state index >= 15 is 0 Å². The molecule has 0 bridgehead atoms. The molecule has 0 unspecified atom stereocenters. The number of likely N-dealkylation sites (tertiary alicyclic amines) is 1. The van der Waals surface area contributed by atoms with Gasteiger partial charge in [0.15, 0.2) is 0 Å². The Kier molecular flexibility index (Phi) is 3.88. The first-order valence-corrected chi connectivity index (χ1v) is 6.52. The van der Waals surface area contributed by atoms with E-state index in [1.807, 2.05) is 31.2 Å². The molecule has 1 heterocycles. The predicted molar refractivity (Wildman–Crippen MR) is 71.9 cm³/mol. The van der Waals surface area contributed by atoms with E-state index < -0.39 is 30.3 Å². The zero-order valence-electron chi connectivity index (χ0n) is 11.5. The molecule has 1 N–H and O–H groups in total. The van der Waals surface area contributed by atoms with E-state index in [-0.39, 0.29) is 5.91 Å². The van der Waals surface area contributed by atoms with E-state index in [9.17, 15) is 14.4 Å². The van der Waals surface area contributed by atoms with Gasteiger partial charge in [-0.05, 0) is 18.9 Å². The van der Waals surface area contributed by atoms with Gasteiger partial charge in [0.25, 0.3) is 0 Å². The first-order chi connectivity index (χ1) is 9.40. The highest BCUT2D eigenvalue weighted by atomic mass is 16.4. The maximum atomic E-state index is 12.2. The van der Waals surface area contributed by atoms with Crippen LogP contribution in [-0.2, 0) is 20.8 Å². The van der Waals surface area contributed by atoms with Crippen molar-refractivity contribution in [3.63, 3.8) is 0 Å². The van der Waals surface area contributed by atoms with Crippen LogP contribution in [-0.4, -0.2) is 34.3 Å². The number of carbonyl (C=O) groups excluding carboxylic acids is 2. The van der Waals surface area contributed by atoms with Crippen molar-refractivity contribution in [1.82, 2.24) is 4.90 Å². The smallest absolute Gasteiger partial charge is 0.323 e. The Hall–Kier alpha value is -2.17. The first-order valence-electron chi connectivity index (χ1n) is 6.52. The van der Waals surface area contributed by atoms with Crippen molar-refractivity contribution in [2.45, 2.75) is 20.3 Å². The molecule has 0 aromatic heterocycles. The number of rotatable bonds is 4. The van der Waals surface area contributed by atoms with Crippen LogP contribution in [0.5, 0.6) is 0 Å². The first kappa shape index (κ1) is 14.2. The molecule has 2 rings (SSSR count). The number of nitrogens with zero attached hydrogens (tertiary/aromatic N) is 1. The Morgan fingerprint density at radius 1 is 1.20 bits per heavy atom. The Morgan fingerprint density at radius 3 is 2.35 bits per heavy atom. The summed E-state index contributed by atoms with van der Waals surface area (Å²) in [6.07, 6.45) is 0.460. The highest BCUT2D eigenvalue weighted by Gasteiger charge is 2.45. The molecular formula is C15H17NO4. The summed E-state index contributed by atoms with van der Waals surface area (Å²) < 4.78 is 0. The number of carbonyl (C=O) groups is 3. The van der Waals surface area contributed by atoms with Crippen LogP contribution in [0.4, 0.5) is 0 Å². The van der Waals surface area contributed by atoms with E-state index in [1.165, 1.54) is 0 Å². The van der Waals surface area contributed by atoms with Crippen molar-refractivity contribution in [1.29, 1.82) is 0 Å². The second-order valence-corrected chi connectivity index (χ2v) is 5.24. The fraction of sp³-hybridized carbons (Fsp3) is 0.400. The van der Waals surface area contributed by atoms with E-state index in [0.29, 0.717) is 6.42 Å². The quantitative estimate of drug-likeness (QED) is 0.839. The minimum atomic E-state index is -1.17. The molecule has 0 aliphatic carbocycles. The molecule has 1 saturated heterocycles. The number of aliphatic carboxylic acids is 1. The minimum Gasteiger partial charge on any atom is -0.480 e. The number of hydrogen-bond donors (Lipinski definition) is 1. The lowest BCUT2D eigenvalue weighted by Gasteiger charge is -2.12. The van der Waals surface area contributed by atoms with Crippen molar-refractivity contribution in [2.75, 3.05) is 6.54 Å². The normalized spacial score (nSPS) is 22.4. The average Bonchev–Trinajstić information content (AvgIpc) is 2.58. The summed E-state index contributed by atoms with van der Waals surface area (Å²) in [7, 11) is 0. The third kappa shape index (κ3) is 2.71. The fourth-order valence-electron chi connectivity index (χ4n) is 2.47. The van der Waals surface area contributed by atoms with Gasteiger partial charge < -0.3 is 5.11 Å². The number of hydrogen-bond acceptors (Lipinski definition) is 3. The van der Waals surface area contributed by atoms with Gasteiger partial charge in [-0.25, -0.2) is 0 Å². The maximum absolute atomic E-state index is 12.2. The van der Waals surface area contributed by atoms with Crippen LogP contribution in [0.1, 0.15) is 18.1 Å². The zero-order chi connectivity index (χ0) is 14.9. The summed E-state index contributed by atoms with van der Waals surface area (Å²) in [5, 5.41) is 8.76. The molecule has 1 aromatic carbocycles. The van der Waals surface area contributed by atoms with Gasteiger partial charge in [-0.15, -0.1) is 0 Å². The van der Waals surface area contributed by atoms with Gasteiger partial charge >= 0.3 is 5.97 Å². The fourth-order valence-corrected chi connectivity index (χ4v) is 2.47. The number of benzene rings is 1. The minimum absolute atomic E-state index is 0.384. The molecular weight excluding hydrogens is 258 g/mol. The van der Waals surface area contributed by atoms with Gasteiger partial charge in [-0.3, -0.25) is 19.3 Å². The van der Waals surface area contributed by atoms with Gasteiger partial charge in [-0.1, -0.05) is 36.8 Å². The van der Waals surface area contributed by atoms with E-state index in [1.54, 1.807) is 6.92 Å². The summed E-state index contributed by atoms with van der Waals surface area (Å²) in [5.74, 6) is -2.89. The molecule has 0 spiro atoms. The SMILES string of the molecule is Cc1ccc(C[C@H]2C(=O)N(CC(=O)O)C(=O)[C@H]2C)cc1. The third-order valence-corrected chi connectivity index (χ3v) is 3.71. The third-order valence-electron chi connectivity index (χ3n) is 3.71. The van der Waals surface area contributed by atoms with Crippen LogP contribution in [0, 0.1) is 18.8 Å². The molecule has 1 aliphatic rings. The molecule has 5 heteroatoms. The highest BCUT2D eigenvalue weighted by molar-refractivity contribution is 6.06. The second kappa shape index (κ2) is 5.45. The standard InChI is InChI=1S/C15H17NO4/c1-9-3-5-11(6-4-9)7-12-10(2)14(19)16(15(12)20)8-13(17)18/h3-6,10,12H,7-8H2,1-2H3,(H,17,18)/t10-,12+/m0/s1. The van der Waals surface area contributed by atoms with Gasteiger partial charge in [0.1, 0.15) is 6.54 Å². The summed E-state index contributed by atoms with van der Waals surface area (Å²) in [4.78, 5) is 35.7. The van der Waals surface area contributed by atoms with E-state index in [4.69, 9.17) is 5.11 Å². The summed E-state index contributed by atoms with van der Waals surface area (Å²) in [6.45, 7) is 3.11. The molecule has 20 heavy (non-hydrogen) atoms. The van der Waals surface area contributed by atoms with Crippen LogP contribution in [0.25, 0.3) is 0 Å². The maximum Gasteiger partial charge on any atom is 0.323 e. The van der Waals surface area contributed by atoms with Crippen LogP contribution in [0.2, 0.25) is 0 Å². The lowest BCUT2D eigenvalue weighted by atomic mass is 9.90. The Bertz CT molecular complexity index is 549. The molecule has 2 amide bonds. The second-order valence-electron chi connectivity index (χ2n) is 5.24. The summed E-state index contributed by atoms with van der Waals surface area (Å²) in [5.41, 5.74) is 2.11. The van der Waals surface area contributed by atoms with Gasteiger partial charge in [0.2, 0.25) is 11.8 Å². The molecule has 5 nitrogen and oxygen atoms in total. The molecule has 2 atom stereocenters. The Labute approximate surface area is 117 Å². The Morgan fingerprint density at radius 2 is 1.80 bits per heavy atom.